The Morgan fingerprint density at radius 3 is 2.45 bits per heavy atom. The fourth-order valence-corrected chi connectivity index (χ4v) is 7.40. The molecule has 5 rings (SSSR count). The van der Waals surface area contributed by atoms with Crippen molar-refractivity contribution in [1.29, 1.82) is 0 Å². The summed E-state index contributed by atoms with van der Waals surface area (Å²) < 4.78 is 3.31. The molecule has 5 nitrogen and oxygen atoms in total. The summed E-state index contributed by atoms with van der Waals surface area (Å²) in [5.74, 6) is 0.787. The lowest BCUT2D eigenvalue weighted by molar-refractivity contribution is -0.135. The monoisotopic (exact) mass is 469 g/mol. The molecule has 2 saturated carbocycles. The summed E-state index contributed by atoms with van der Waals surface area (Å²) in [4.78, 5) is 31.3. The first-order valence-electron chi connectivity index (χ1n) is 13.2. The van der Waals surface area contributed by atoms with Gasteiger partial charge in [-0.05, 0) is 69.9 Å². The molecule has 33 heavy (non-hydrogen) atoms. The first-order valence-corrected chi connectivity index (χ1v) is 14.0. The van der Waals surface area contributed by atoms with Gasteiger partial charge in [-0.3, -0.25) is 9.59 Å². The van der Waals surface area contributed by atoms with E-state index >= 15 is 0 Å². The van der Waals surface area contributed by atoms with Crippen LogP contribution >= 0.6 is 11.3 Å². The summed E-state index contributed by atoms with van der Waals surface area (Å²) in [6.07, 6.45) is 12.2. The van der Waals surface area contributed by atoms with Crippen molar-refractivity contribution in [2.24, 2.45) is 5.92 Å². The molecule has 180 valence electrons. The maximum absolute atomic E-state index is 14.0. The zero-order valence-corrected chi connectivity index (χ0v) is 21.3. The molecule has 0 spiro atoms. The summed E-state index contributed by atoms with van der Waals surface area (Å²) in [7, 11) is 0. The van der Waals surface area contributed by atoms with Crippen LogP contribution in [-0.4, -0.2) is 38.9 Å². The highest BCUT2D eigenvalue weighted by molar-refractivity contribution is 7.19. The van der Waals surface area contributed by atoms with Crippen molar-refractivity contribution in [2.45, 2.75) is 116 Å². The molecular weight excluding hydrogens is 430 g/mol. The van der Waals surface area contributed by atoms with Gasteiger partial charge in [-0.15, -0.1) is 11.3 Å². The van der Waals surface area contributed by atoms with Crippen LogP contribution in [0, 0.1) is 5.92 Å². The molecule has 0 bridgehead atoms. The van der Waals surface area contributed by atoms with Gasteiger partial charge in [0.1, 0.15) is 11.2 Å². The predicted molar refractivity (Wildman–Crippen MR) is 135 cm³/mol. The molecule has 0 saturated heterocycles. The largest absolute Gasteiger partial charge is 0.351 e. The van der Waals surface area contributed by atoms with Crippen LogP contribution in [0.4, 0.5) is 0 Å². The minimum atomic E-state index is -0.859. The Hall–Kier alpha value is -1.82. The molecule has 6 heteroatoms. The van der Waals surface area contributed by atoms with Crippen molar-refractivity contribution in [3.8, 4) is 0 Å². The summed E-state index contributed by atoms with van der Waals surface area (Å²) in [5, 5.41) is 3.41. The smallest absolute Gasteiger partial charge is 0.271 e. The van der Waals surface area contributed by atoms with E-state index in [0.717, 1.165) is 56.2 Å². The van der Waals surface area contributed by atoms with Gasteiger partial charge in [0.05, 0.1) is 16.8 Å². The number of carbonyl (C=O) groups is 2. The van der Waals surface area contributed by atoms with E-state index in [0.29, 0.717) is 12.5 Å². The lowest BCUT2D eigenvalue weighted by Gasteiger charge is -2.49. The summed E-state index contributed by atoms with van der Waals surface area (Å²) in [5.41, 5.74) is 1.02. The van der Waals surface area contributed by atoms with Crippen LogP contribution in [0.15, 0.2) is 12.1 Å². The minimum Gasteiger partial charge on any atom is -0.351 e. The molecule has 0 radical (unpaired) electrons. The molecule has 3 aliphatic rings. The molecule has 2 aromatic rings. The second kappa shape index (κ2) is 9.09. The highest BCUT2D eigenvalue weighted by Crippen LogP contribution is 2.40. The molecule has 2 aromatic heterocycles. The van der Waals surface area contributed by atoms with Gasteiger partial charge >= 0.3 is 0 Å². The van der Waals surface area contributed by atoms with Crippen molar-refractivity contribution in [3.63, 3.8) is 0 Å². The van der Waals surface area contributed by atoms with Crippen molar-refractivity contribution in [2.75, 3.05) is 0 Å². The fraction of sp³-hybridized carbons (Fsp3) is 0.704. The van der Waals surface area contributed by atoms with E-state index in [2.05, 4.69) is 35.9 Å². The third-order valence-electron chi connectivity index (χ3n) is 8.45. The normalized spacial score (nSPS) is 29.2. The SMILES string of the molecule is CCc1cc2c(cc3n2CC(C)(C(=O)NC2CCCCCC2)N(C2CCC(C)CC2)C3=O)s1. The lowest BCUT2D eigenvalue weighted by Crippen LogP contribution is -2.67. The van der Waals surface area contributed by atoms with Crippen molar-refractivity contribution >= 4 is 33.4 Å². The maximum Gasteiger partial charge on any atom is 0.271 e. The number of nitrogens with one attached hydrogen (secondary N) is 1. The van der Waals surface area contributed by atoms with E-state index in [4.69, 9.17) is 0 Å². The van der Waals surface area contributed by atoms with E-state index in [9.17, 15) is 9.59 Å². The minimum absolute atomic E-state index is 0.0415. The molecule has 1 unspecified atom stereocenters. The van der Waals surface area contributed by atoms with E-state index in [1.165, 1.54) is 35.3 Å². The molecule has 1 atom stereocenters. The fourth-order valence-electron chi connectivity index (χ4n) is 6.36. The number of carbonyl (C=O) groups excluding carboxylic acids is 2. The number of thiophene rings is 1. The highest BCUT2D eigenvalue weighted by Gasteiger charge is 2.51. The zero-order valence-electron chi connectivity index (χ0n) is 20.5. The maximum atomic E-state index is 14.0. The lowest BCUT2D eigenvalue weighted by atomic mass is 9.82. The number of rotatable bonds is 4. The average molecular weight is 470 g/mol. The van der Waals surface area contributed by atoms with Crippen LogP contribution < -0.4 is 5.32 Å². The number of nitrogens with zero attached hydrogens (tertiary/aromatic N) is 2. The number of amides is 2. The van der Waals surface area contributed by atoms with Crippen molar-refractivity contribution in [1.82, 2.24) is 14.8 Å². The van der Waals surface area contributed by atoms with Crippen LogP contribution in [-0.2, 0) is 17.8 Å². The Bertz CT molecular complexity index is 1020. The predicted octanol–water partition coefficient (Wildman–Crippen LogP) is 5.90. The topological polar surface area (TPSA) is 54.3 Å². The molecule has 2 fully saturated rings. The van der Waals surface area contributed by atoms with E-state index < -0.39 is 5.54 Å². The molecule has 2 aliphatic carbocycles. The summed E-state index contributed by atoms with van der Waals surface area (Å²) in [6, 6.07) is 4.67. The van der Waals surface area contributed by atoms with Crippen LogP contribution in [0.1, 0.15) is 100 Å². The van der Waals surface area contributed by atoms with Crippen molar-refractivity contribution in [3.05, 3.63) is 22.7 Å². The van der Waals surface area contributed by atoms with Crippen LogP contribution in [0.25, 0.3) is 10.2 Å². The number of hydrogen-bond acceptors (Lipinski definition) is 3. The second-order valence-corrected chi connectivity index (χ2v) is 12.1. The van der Waals surface area contributed by atoms with E-state index in [-0.39, 0.29) is 23.9 Å². The molecule has 0 aromatic carbocycles. The number of aryl methyl sites for hydroxylation is 1. The van der Waals surface area contributed by atoms with Crippen LogP contribution in [0.2, 0.25) is 0 Å². The van der Waals surface area contributed by atoms with Gasteiger partial charge in [0.15, 0.2) is 0 Å². The summed E-state index contributed by atoms with van der Waals surface area (Å²) in [6.45, 7) is 7.04. The average Bonchev–Trinajstić information content (AvgIpc) is 3.24. The Kier molecular flexibility index (Phi) is 6.32. The standard InChI is InChI=1S/C27H39N3O2S/c1-4-21-15-22-24(33-21)16-23-25(31)30(20-13-11-18(2)12-14-20)27(3,17-29(22)23)26(32)28-19-9-7-5-6-8-10-19/h15-16,18-20H,4-14,17H2,1-3H3,(H,28,32). The van der Waals surface area contributed by atoms with Gasteiger partial charge in [0.2, 0.25) is 5.91 Å². The molecule has 1 N–H and O–H groups in total. The Labute approximate surface area is 201 Å². The van der Waals surface area contributed by atoms with Gasteiger partial charge in [0, 0.05) is 17.0 Å². The molecule has 1 aliphatic heterocycles. The van der Waals surface area contributed by atoms with Crippen molar-refractivity contribution < 1.29 is 9.59 Å². The first-order chi connectivity index (χ1) is 15.9. The molecular formula is C27H39N3O2S. The van der Waals surface area contributed by atoms with E-state index in [1.807, 2.05) is 11.8 Å². The number of aromatic nitrogens is 1. The Morgan fingerprint density at radius 1 is 1.09 bits per heavy atom. The Morgan fingerprint density at radius 2 is 1.79 bits per heavy atom. The van der Waals surface area contributed by atoms with Crippen LogP contribution in [0.5, 0.6) is 0 Å². The first kappa shape index (κ1) is 22.9. The zero-order chi connectivity index (χ0) is 23.2. The number of hydrogen-bond donors (Lipinski definition) is 1. The third-order valence-corrected chi connectivity index (χ3v) is 9.67. The van der Waals surface area contributed by atoms with E-state index in [1.54, 1.807) is 11.3 Å². The quantitative estimate of drug-likeness (QED) is 0.567. The Balaban J connectivity index is 1.51. The number of fused-ring (bicyclic) bond motifs is 3. The van der Waals surface area contributed by atoms with Gasteiger partial charge in [0.25, 0.3) is 5.91 Å². The van der Waals surface area contributed by atoms with Gasteiger partial charge < -0.3 is 14.8 Å². The van der Waals surface area contributed by atoms with Crippen LogP contribution in [0.3, 0.4) is 0 Å². The molecule has 3 heterocycles. The van der Waals surface area contributed by atoms with Gasteiger partial charge in [-0.2, -0.15) is 0 Å². The van der Waals surface area contributed by atoms with Gasteiger partial charge in [-0.25, -0.2) is 0 Å². The van der Waals surface area contributed by atoms with Gasteiger partial charge in [-0.1, -0.05) is 39.5 Å². The summed E-state index contributed by atoms with van der Waals surface area (Å²) >= 11 is 1.78. The highest BCUT2D eigenvalue weighted by atomic mass is 32.1. The third kappa shape index (κ3) is 4.13. The second-order valence-electron chi connectivity index (χ2n) is 11.0. The molecule has 2 amide bonds.